The topological polar surface area (TPSA) is 55.4 Å². The Hall–Kier alpha value is -2.08. The molecule has 4 nitrogen and oxygen atoms in total. The summed E-state index contributed by atoms with van der Waals surface area (Å²) < 4.78 is 45.9. The fraction of sp³-hybridized carbons (Fsp3) is 0.200. The molecule has 21 heavy (non-hydrogen) atoms. The zero-order valence-electron chi connectivity index (χ0n) is 12.0. The molecule has 2 aromatic rings. The second-order valence-electron chi connectivity index (χ2n) is 4.74. The van der Waals surface area contributed by atoms with Gasteiger partial charge < -0.3 is 4.74 Å². The highest BCUT2D eigenvalue weighted by Gasteiger charge is 2.20. The van der Waals surface area contributed by atoms with Crippen LogP contribution in [-0.4, -0.2) is 15.5 Å². The molecule has 6 heteroatoms. The maximum atomic E-state index is 13.8. The number of methoxy groups -OCH3 is 1. The maximum Gasteiger partial charge on any atom is 0.264 e. The Balaban J connectivity index is 2.45. The Bertz CT molecular complexity index is 772. The lowest BCUT2D eigenvalue weighted by molar-refractivity contribution is 0.416. The third-order valence-corrected chi connectivity index (χ3v) is 4.36. The molecule has 2 aromatic carbocycles. The van der Waals surface area contributed by atoms with Gasteiger partial charge in [0.25, 0.3) is 10.0 Å². The Morgan fingerprint density at radius 3 is 2.33 bits per heavy atom. The van der Waals surface area contributed by atoms with E-state index in [0.717, 1.165) is 11.6 Å². The summed E-state index contributed by atoms with van der Waals surface area (Å²) in [5.74, 6) is -0.411. The molecule has 0 aliphatic heterocycles. The second kappa shape index (κ2) is 5.73. The largest absolute Gasteiger partial charge is 0.495 e. The van der Waals surface area contributed by atoms with E-state index in [-0.39, 0.29) is 10.6 Å². The van der Waals surface area contributed by atoms with Gasteiger partial charge in [0.2, 0.25) is 0 Å². The van der Waals surface area contributed by atoms with Crippen molar-refractivity contribution in [2.45, 2.75) is 18.7 Å². The fourth-order valence-electron chi connectivity index (χ4n) is 1.90. The molecule has 2 rings (SSSR count). The number of nitrogens with one attached hydrogen (secondary N) is 1. The third-order valence-electron chi connectivity index (χ3n) is 2.98. The summed E-state index contributed by atoms with van der Waals surface area (Å²) in [5, 5.41) is 0. The summed E-state index contributed by atoms with van der Waals surface area (Å²) in [4.78, 5) is -0.384. The first kappa shape index (κ1) is 15.3. The van der Waals surface area contributed by atoms with Gasteiger partial charge >= 0.3 is 0 Å². The second-order valence-corrected chi connectivity index (χ2v) is 6.39. The summed E-state index contributed by atoms with van der Waals surface area (Å²) in [5.41, 5.74) is 1.85. The van der Waals surface area contributed by atoms with Gasteiger partial charge in [0, 0.05) is 0 Å². The summed E-state index contributed by atoms with van der Waals surface area (Å²) in [6.45, 7) is 3.56. The molecule has 112 valence electrons. The van der Waals surface area contributed by atoms with Crippen LogP contribution in [0, 0.1) is 19.7 Å². The highest BCUT2D eigenvalue weighted by Crippen LogP contribution is 2.28. The van der Waals surface area contributed by atoms with Crippen LogP contribution >= 0.6 is 0 Å². The van der Waals surface area contributed by atoms with Crippen LogP contribution in [0.15, 0.2) is 41.3 Å². The van der Waals surface area contributed by atoms with Crippen LogP contribution in [0.3, 0.4) is 0 Å². The van der Waals surface area contributed by atoms with Gasteiger partial charge in [-0.1, -0.05) is 12.1 Å². The van der Waals surface area contributed by atoms with Gasteiger partial charge in [0.05, 0.1) is 12.8 Å². The molecule has 0 saturated heterocycles. The number of halogens is 1. The molecular formula is C15H16FNO3S. The molecule has 0 radical (unpaired) electrons. The highest BCUT2D eigenvalue weighted by molar-refractivity contribution is 7.92. The quantitative estimate of drug-likeness (QED) is 0.943. The predicted molar refractivity (Wildman–Crippen MR) is 79.7 cm³/mol. The van der Waals surface area contributed by atoms with Gasteiger partial charge in [0.15, 0.2) is 0 Å². The summed E-state index contributed by atoms with van der Waals surface area (Å²) in [6.07, 6.45) is 0. The number of hydrogen-bond acceptors (Lipinski definition) is 3. The Kier molecular flexibility index (Phi) is 4.18. The maximum absolute atomic E-state index is 13.8. The molecule has 0 unspecified atom stereocenters. The van der Waals surface area contributed by atoms with Crippen molar-refractivity contribution in [2.24, 2.45) is 0 Å². The van der Waals surface area contributed by atoms with Crippen molar-refractivity contribution in [1.29, 1.82) is 0 Å². The van der Waals surface area contributed by atoms with Crippen molar-refractivity contribution in [3.63, 3.8) is 0 Å². The van der Waals surface area contributed by atoms with Crippen molar-refractivity contribution in [1.82, 2.24) is 0 Å². The molecule has 0 aromatic heterocycles. The lowest BCUT2D eigenvalue weighted by atomic mass is 10.2. The number of hydrogen-bond donors (Lipinski definition) is 1. The van der Waals surface area contributed by atoms with E-state index in [2.05, 4.69) is 4.72 Å². The fourth-order valence-corrected chi connectivity index (χ4v) is 3.13. The van der Waals surface area contributed by atoms with E-state index in [9.17, 15) is 12.8 Å². The van der Waals surface area contributed by atoms with Crippen LogP contribution in [-0.2, 0) is 10.0 Å². The zero-order chi connectivity index (χ0) is 15.6. The minimum absolute atomic E-state index is 0.268. The highest BCUT2D eigenvalue weighted by atomic mass is 32.2. The van der Waals surface area contributed by atoms with E-state index >= 15 is 0 Å². The summed E-state index contributed by atoms with van der Waals surface area (Å²) >= 11 is 0. The first-order valence-electron chi connectivity index (χ1n) is 6.27. The Morgan fingerprint density at radius 1 is 1.05 bits per heavy atom. The number of sulfonamides is 1. The third kappa shape index (κ3) is 3.33. The van der Waals surface area contributed by atoms with Gasteiger partial charge in [-0.15, -0.1) is 0 Å². The smallest absolute Gasteiger partial charge is 0.264 e. The van der Waals surface area contributed by atoms with Crippen molar-refractivity contribution in [3.05, 3.63) is 53.3 Å². The molecule has 1 N–H and O–H groups in total. The normalized spacial score (nSPS) is 11.2. The first-order chi connectivity index (χ1) is 9.83. The number of ether oxygens (including phenoxy) is 1. The molecule has 0 amide bonds. The molecule has 0 aliphatic rings. The van der Waals surface area contributed by atoms with Crippen LogP contribution in [0.4, 0.5) is 10.1 Å². The molecule has 0 spiro atoms. The first-order valence-corrected chi connectivity index (χ1v) is 7.75. The van der Waals surface area contributed by atoms with E-state index < -0.39 is 15.8 Å². The van der Waals surface area contributed by atoms with Crippen molar-refractivity contribution < 1.29 is 17.5 Å². The van der Waals surface area contributed by atoms with E-state index in [1.54, 1.807) is 25.1 Å². The van der Waals surface area contributed by atoms with Gasteiger partial charge in [0.1, 0.15) is 16.5 Å². The monoisotopic (exact) mass is 309 g/mol. The van der Waals surface area contributed by atoms with E-state index in [1.807, 2.05) is 6.92 Å². The van der Waals surface area contributed by atoms with E-state index in [0.29, 0.717) is 11.3 Å². The van der Waals surface area contributed by atoms with E-state index in [4.69, 9.17) is 4.74 Å². The van der Waals surface area contributed by atoms with E-state index in [1.165, 1.54) is 19.2 Å². The molecule has 0 saturated carbocycles. The van der Waals surface area contributed by atoms with Gasteiger partial charge in [-0.2, -0.15) is 0 Å². The Labute approximate surface area is 123 Å². The minimum Gasteiger partial charge on any atom is -0.495 e. The van der Waals surface area contributed by atoms with Gasteiger partial charge in [-0.3, -0.25) is 4.72 Å². The SMILES string of the molecule is COc1cc(C)ccc1NS(=O)(=O)c1cc(C)ccc1F. The van der Waals surface area contributed by atoms with Crippen molar-refractivity contribution in [3.8, 4) is 5.75 Å². The molecule has 0 aliphatic carbocycles. The number of anilines is 1. The standard InChI is InChI=1S/C15H16FNO3S/c1-10-5-7-13(14(8-10)20-3)17-21(18,19)15-9-11(2)4-6-12(15)16/h4-9,17H,1-3H3. The summed E-state index contributed by atoms with van der Waals surface area (Å²) in [7, 11) is -2.57. The average molecular weight is 309 g/mol. The molecule has 0 fully saturated rings. The van der Waals surface area contributed by atoms with Crippen LogP contribution in [0.5, 0.6) is 5.75 Å². The lowest BCUT2D eigenvalue weighted by Crippen LogP contribution is -2.15. The van der Waals surface area contributed by atoms with Crippen molar-refractivity contribution >= 4 is 15.7 Å². The van der Waals surface area contributed by atoms with Crippen LogP contribution in [0.1, 0.15) is 11.1 Å². The molecule has 0 bridgehead atoms. The average Bonchev–Trinajstić information content (AvgIpc) is 2.43. The lowest BCUT2D eigenvalue weighted by Gasteiger charge is -2.13. The predicted octanol–water partition coefficient (Wildman–Crippen LogP) is 3.25. The van der Waals surface area contributed by atoms with Crippen LogP contribution < -0.4 is 9.46 Å². The molecule has 0 atom stereocenters. The molecular weight excluding hydrogens is 293 g/mol. The number of rotatable bonds is 4. The number of aryl methyl sites for hydroxylation is 2. The van der Waals surface area contributed by atoms with Gasteiger partial charge in [-0.25, -0.2) is 12.8 Å². The summed E-state index contributed by atoms with van der Waals surface area (Å²) in [6, 6.07) is 8.96. The van der Waals surface area contributed by atoms with Crippen LogP contribution in [0.25, 0.3) is 0 Å². The van der Waals surface area contributed by atoms with Crippen molar-refractivity contribution in [2.75, 3.05) is 11.8 Å². The Morgan fingerprint density at radius 2 is 1.67 bits per heavy atom. The zero-order valence-corrected chi connectivity index (χ0v) is 12.8. The number of benzene rings is 2. The van der Waals surface area contributed by atoms with Gasteiger partial charge in [-0.05, 0) is 49.2 Å². The minimum atomic E-state index is -4.02. The molecule has 0 heterocycles. The van der Waals surface area contributed by atoms with Crippen LogP contribution in [0.2, 0.25) is 0 Å².